The lowest BCUT2D eigenvalue weighted by molar-refractivity contribution is -0.123. The van der Waals surface area contributed by atoms with Crippen molar-refractivity contribution >= 4 is 17.5 Å². The van der Waals surface area contributed by atoms with Crippen molar-refractivity contribution in [3.8, 4) is 0 Å². The highest BCUT2D eigenvalue weighted by atomic mass is 16.2. The van der Waals surface area contributed by atoms with E-state index in [1.165, 1.54) is 0 Å². The molecule has 5 heteroatoms. The summed E-state index contributed by atoms with van der Waals surface area (Å²) in [4.78, 5) is 24.9. The van der Waals surface area contributed by atoms with Crippen LogP contribution in [-0.2, 0) is 11.2 Å². The molecular weight excluding hydrogens is 326 g/mol. The Labute approximate surface area is 155 Å². The van der Waals surface area contributed by atoms with Crippen molar-refractivity contribution in [1.29, 1.82) is 0 Å². The smallest absolute Gasteiger partial charge is 0.251 e. The van der Waals surface area contributed by atoms with E-state index >= 15 is 0 Å². The summed E-state index contributed by atoms with van der Waals surface area (Å²) in [6, 6.07) is 14.3. The highest BCUT2D eigenvalue weighted by Gasteiger charge is 2.24. The van der Waals surface area contributed by atoms with Crippen LogP contribution >= 0.6 is 0 Å². The number of hydrogen-bond acceptors (Lipinski definition) is 3. The maximum atomic E-state index is 12.5. The summed E-state index contributed by atoms with van der Waals surface area (Å²) >= 11 is 0. The van der Waals surface area contributed by atoms with Crippen LogP contribution in [0.4, 0.5) is 5.69 Å². The van der Waals surface area contributed by atoms with Gasteiger partial charge in [0.05, 0.1) is 0 Å². The molecule has 4 N–H and O–H groups in total. The van der Waals surface area contributed by atoms with Crippen molar-refractivity contribution in [2.75, 3.05) is 12.3 Å². The highest BCUT2D eigenvalue weighted by molar-refractivity contribution is 5.97. The molecule has 0 aliphatic rings. The van der Waals surface area contributed by atoms with Gasteiger partial charge in [-0.2, -0.15) is 0 Å². The lowest BCUT2D eigenvalue weighted by Gasteiger charge is -2.22. The molecule has 2 amide bonds. The van der Waals surface area contributed by atoms with Crippen LogP contribution in [0.15, 0.2) is 48.5 Å². The SMILES string of the molecule is Cc1ccc(C(=O)NC(C(=O)NCCc2ccc(N)cc2)C(C)C)cc1. The van der Waals surface area contributed by atoms with Crippen LogP contribution in [0, 0.1) is 12.8 Å². The number of nitrogens with two attached hydrogens (primary N) is 1. The molecule has 0 fully saturated rings. The number of hydrogen-bond donors (Lipinski definition) is 3. The zero-order chi connectivity index (χ0) is 19.1. The second kappa shape index (κ2) is 9.04. The Morgan fingerprint density at radius 3 is 2.19 bits per heavy atom. The van der Waals surface area contributed by atoms with Crippen molar-refractivity contribution < 1.29 is 9.59 Å². The maximum absolute atomic E-state index is 12.5. The van der Waals surface area contributed by atoms with E-state index in [2.05, 4.69) is 10.6 Å². The lowest BCUT2D eigenvalue weighted by atomic mass is 10.0. The minimum absolute atomic E-state index is 0.0130. The van der Waals surface area contributed by atoms with Crippen LogP contribution in [0.2, 0.25) is 0 Å². The summed E-state index contributed by atoms with van der Waals surface area (Å²) in [6.45, 7) is 6.30. The molecule has 0 aliphatic carbocycles. The standard InChI is InChI=1S/C21H27N3O2/c1-14(2)19(24-20(25)17-8-4-15(3)5-9-17)21(26)23-13-12-16-6-10-18(22)11-7-16/h4-11,14,19H,12-13,22H2,1-3H3,(H,23,26)(H,24,25). The van der Waals surface area contributed by atoms with Gasteiger partial charge in [0.2, 0.25) is 5.91 Å². The summed E-state index contributed by atoms with van der Waals surface area (Å²) < 4.78 is 0. The average Bonchev–Trinajstić information content (AvgIpc) is 2.61. The van der Waals surface area contributed by atoms with E-state index in [-0.39, 0.29) is 17.7 Å². The van der Waals surface area contributed by atoms with Crippen molar-refractivity contribution in [1.82, 2.24) is 10.6 Å². The molecule has 0 heterocycles. The van der Waals surface area contributed by atoms with Gasteiger partial charge in [0.25, 0.3) is 5.91 Å². The second-order valence-corrected chi connectivity index (χ2v) is 6.84. The predicted molar refractivity (Wildman–Crippen MR) is 105 cm³/mol. The molecule has 138 valence electrons. The van der Waals surface area contributed by atoms with Crippen LogP contribution in [0.25, 0.3) is 0 Å². The van der Waals surface area contributed by atoms with E-state index in [0.717, 1.165) is 16.8 Å². The molecule has 26 heavy (non-hydrogen) atoms. The van der Waals surface area contributed by atoms with E-state index in [1.807, 2.05) is 57.2 Å². The Kier molecular flexibility index (Phi) is 6.78. The van der Waals surface area contributed by atoms with E-state index in [1.54, 1.807) is 12.1 Å². The van der Waals surface area contributed by atoms with Gasteiger partial charge in [-0.25, -0.2) is 0 Å². The first kappa shape index (κ1) is 19.5. The zero-order valence-electron chi connectivity index (χ0n) is 15.6. The molecule has 2 aromatic carbocycles. The van der Waals surface area contributed by atoms with Crippen LogP contribution in [0.1, 0.15) is 35.3 Å². The molecule has 1 atom stereocenters. The first-order valence-electron chi connectivity index (χ1n) is 8.86. The maximum Gasteiger partial charge on any atom is 0.251 e. The number of carbonyl (C=O) groups is 2. The third-order valence-corrected chi connectivity index (χ3v) is 4.24. The van der Waals surface area contributed by atoms with E-state index in [0.29, 0.717) is 18.5 Å². The number of aryl methyl sites for hydroxylation is 1. The van der Waals surface area contributed by atoms with E-state index < -0.39 is 6.04 Å². The summed E-state index contributed by atoms with van der Waals surface area (Å²) in [5.41, 5.74) is 9.13. The van der Waals surface area contributed by atoms with Crippen LogP contribution in [-0.4, -0.2) is 24.4 Å². The normalized spacial score (nSPS) is 11.8. The van der Waals surface area contributed by atoms with E-state index in [9.17, 15) is 9.59 Å². The number of rotatable bonds is 7. The third kappa shape index (κ3) is 5.62. The Balaban J connectivity index is 1.90. The van der Waals surface area contributed by atoms with Crippen molar-refractivity contribution in [2.24, 2.45) is 5.92 Å². The fourth-order valence-corrected chi connectivity index (χ4v) is 2.59. The lowest BCUT2D eigenvalue weighted by Crippen LogP contribution is -2.50. The van der Waals surface area contributed by atoms with Crippen molar-refractivity contribution in [2.45, 2.75) is 33.2 Å². The van der Waals surface area contributed by atoms with Gasteiger partial charge in [-0.15, -0.1) is 0 Å². The highest BCUT2D eigenvalue weighted by Crippen LogP contribution is 2.08. The van der Waals surface area contributed by atoms with Gasteiger partial charge in [-0.3, -0.25) is 9.59 Å². The van der Waals surface area contributed by atoms with Crippen molar-refractivity contribution in [3.05, 3.63) is 65.2 Å². The molecular formula is C21H27N3O2. The Bertz CT molecular complexity index is 737. The van der Waals surface area contributed by atoms with Crippen molar-refractivity contribution in [3.63, 3.8) is 0 Å². The molecule has 0 aromatic heterocycles. The van der Waals surface area contributed by atoms with Gasteiger partial charge >= 0.3 is 0 Å². The first-order valence-corrected chi connectivity index (χ1v) is 8.86. The van der Waals surface area contributed by atoms with Gasteiger partial charge in [-0.1, -0.05) is 43.7 Å². The molecule has 0 bridgehead atoms. The molecule has 2 aromatic rings. The molecule has 0 spiro atoms. The first-order chi connectivity index (χ1) is 12.4. The predicted octanol–water partition coefficient (Wildman–Crippen LogP) is 2.69. The average molecular weight is 353 g/mol. The number of nitrogens with one attached hydrogen (secondary N) is 2. The molecule has 0 saturated carbocycles. The number of anilines is 1. The molecule has 2 rings (SSSR count). The number of amides is 2. The largest absolute Gasteiger partial charge is 0.399 e. The Morgan fingerprint density at radius 1 is 1.00 bits per heavy atom. The van der Waals surface area contributed by atoms with Crippen LogP contribution in [0.3, 0.4) is 0 Å². The minimum atomic E-state index is -0.574. The topological polar surface area (TPSA) is 84.2 Å². The molecule has 0 saturated heterocycles. The molecule has 0 aliphatic heterocycles. The van der Waals surface area contributed by atoms with Gasteiger partial charge in [0.15, 0.2) is 0 Å². The van der Waals surface area contributed by atoms with Gasteiger partial charge < -0.3 is 16.4 Å². The number of nitrogen functional groups attached to an aromatic ring is 1. The number of benzene rings is 2. The van der Waals surface area contributed by atoms with Crippen LogP contribution < -0.4 is 16.4 Å². The van der Waals surface area contributed by atoms with Crippen LogP contribution in [0.5, 0.6) is 0 Å². The summed E-state index contributed by atoms with van der Waals surface area (Å²) in [7, 11) is 0. The third-order valence-electron chi connectivity index (χ3n) is 4.24. The minimum Gasteiger partial charge on any atom is -0.399 e. The summed E-state index contributed by atoms with van der Waals surface area (Å²) in [5, 5.41) is 5.75. The van der Waals surface area contributed by atoms with E-state index in [4.69, 9.17) is 5.73 Å². The Morgan fingerprint density at radius 2 is 1.62 bits per heavy atom. The molecule has 1 unspecified atom stereocenters. The second-order valence-electron chi connectivity index (χ2n) is 6.84. The number of carbonyl (C=O) groups excluding carboxylic acids is 2. The fourth-order valence-electron chi connectivity index (χ4n) is 2.59. The van der Waals surface area contributed by atoms with Gasteiger partial charge in [0, 0.05) is 17.8 Å². The quantitative estimate of drug-likeness (QED) is 0.669. The Hall–Kier alpha value is -2.82. The fraction of sp³-hybridized carbons (Fsp3) is 0.333. The molecule has 0 radical (unpaired) electrons. The monoisotopic (exact) mass is 353 g/mol. The molecule has 5 nitrogen and oxygen atoms in total. The summed E-state index contributed by atoms with van der Waals surface area (Å²) in [6.07, 6.45) is 0.711. The zero-order valence-corrected chi connectivity index (χ0v) is 15.6. The van der Waals surface area contributed by atoms with Gasteiger partial charge in [-0.05, 0) is 49.1 Å². The summed E-state index contributed by atoms with van der Waals surface area (Å²) in [5.74, 6) is -0.422. The van der Waals surface area contributed by atoms with Gasteiger partial charge in [0.1, 0.15) is 6.04 Å².